The summed E-state index contributed by atoms with van der Waals surface area (Å²) in [5.41, 5.74) is 8.89. The van der Waals surface area contributed by atoms with Crippen LogP contribution in [0.3, 0.4) is 0 Å². The Hall–Kier alpha value is -7.47. The third-order valence-electron chi connectivity index (χ3n) is 11.3. The predicted molar refractivity (Wildman–Crippen MR) is 242 cm³/mol. The van der Waals surface area contributed by atoms with Crippen LogP contribution in [0.5, 0.6) is 0 Å². The number of fused-ring (bicyclic) bond motifs is 8. The maximum absolute atomic E-state index is 6.66. The second-order valence-corrected chi connectivity index (χ2v) is 15.9. The number of furan rings is 1. The molecule has 12 rings (SSSR count). The van der Waals surface area contributed by atoms with Gasteiger partial charge in [-0.05, 0) is 92.3 Å². The Morgan fingerprint density at radius 1 is 0.328 bits per heavy atom. The number of benzene rings is 9. The van der Waals surface area contributed by atoms with Gasteiger partial charge < -0.3 is 4.42 Å². The predicted octanol–water partition coefficient (Wildman–Crippen LogP) is 14.8. The van der Waals surface area contributed by atoms with E-state index in [1.165, 1.54) is 31.1 Å². The number of rotatable bonds is 5. The molecule has 0 aliphatic carbocycles. The van der Waals surface area contributed by atoms with Crippen molar-refractivity contribution < 1.29 is 4.42 Å². The van der Waals surface area contributed by atoms with E-state index in [9.17, 15) is 0 Å². The van der Waals surface area contributed by atoms with Crippen molar-refractivity contribution in [2.45, 2.75) is 0 Å². The topological polar surface area (TPSA) is 51.8 Å². The number of hydrogen-bond donors (Lipinski definition) is 0. The minimum Gasteiger partial charge on any atom is -0.456 e. The molecule has 270 valence electrons. The van der Waals surface area contributed by atoms with Gasteiger partial charge in [-0.15, -0.1) is 11.3 Å². The minimum absolute atomic E-state index is 0.590. The monoisotopic (exact) mass is 757 g/mol. The quantitative estimate of drug-likeness (QED) is 0.175. The first-order chi connectivity index (χ1) is 28.7. The van der Waals surface area contributed by atoms with Crippen molar-refractivity contribution in [3.8, 4) is 56.4 Å². The van der Waals surface area contributed by atoms with Gasteiger partial charge in [0.1, 0.15) is 11.2 Å². The summed E-state index contributed by atoms with van der Waals surface area (Å²) in [7, 11) is 0. The molecule has 0 saturated heterocycles. The van der Waals surface area contributed by atoms with Gasteiger partial charge in [0.25, 0.3) is 0 Å². The maximum atomic E-state index is 6.66. The number of thiophene rings is 1. The van der Waals surface area contributed by atoms with Gasteiger partial charge in [0, 0.05) is 47.6 Å². The first kappa shape index (κ1) is 32.7. The molecule has 0 atom stereocenters. The van der Waals surface area contributed by atoms with Gasteiger partial charge in [0.05, 0.1) is 0 Å². The van der Waals surface area contributed by atoms with E-state index in [2.05, 4.69) is 176 Å². The highest BCUT2D eigenvalue weighted by Crippen LogP contribution is 2.44. The molecule has 9 aromatic carbocycles. The summed E-state index contributed by atoms with van der Waals surface area (Å²) in [6, 6.07) is 66.3. The van der Waals surface area contributed by atoms with Crippen molar-refractivity contribution in [3.05, 3.63) is 188 Å². The second kappa shape index (κ2) is 13.1. The molecule has 12 aromatic rings. The third-order valence-corrected chi connectivity index (χ3v) is 12.4. The lowest BCUT2D eigenvalue weighted by atomic mass is 9.95. The first-order valence-corrected chi connectivity index (χ1v) is 20.2. The molecule has 0 unspecified atom stereocenters. The molecule has 0 radical (unpaired) electrons. The van der Waals surface area contributed by atoms with E-state index >= 15 is 0 Å². The van der Waals surface area contributed by atoms with Gasteiger partial charge in [-0.3, -0.25) is 0 Å². The van der Waals surface area contributed by atoms with Crippen molar-refractivity contribution in [2.24, 2.45) is 0 Å². The number of nitrogens with zero attached hydrogens (tertiary/aromatic N) is 3. The van der Waals surface area contributed by atoms with Crippen LogP contribution in [0, 0.1) is 0 Å². The minimum atomic E-state index is 0.590. The number of hydrogen-bond acceptors (Lipinski definition) is 5. The van der Waals surface area contributed by atoms with Gasteiger partial charge in [0.2, 0.25) is 0 Å². The van der Waals surface area contributed by atoms with Crippen LogP contribution < -0.4 is 0 Å². The van der Waals surface area contributed by atoms with Crippen LogP contribution in [0.1, 0.15) is 0 Å². The molecule has 0 aliphatic rings. The van der Waals surface area contributed by atoms with Crippen LogP contribution in [0.2, 0.25) is 0 Å². The summed E-state index contributed by atoms with van der Waals surface area (Å²) in [4.78, 5) is 15.9. The molecule has 5 heteroatoms. The highest BCUT2D eigenvalue weighted by molar-refractivity contribution is 7.25. The Balaban J connectivity index is 1.13. The number of para-hydroxylation sites is 1. The summed E-state index contributed by atoms with van der Waals surface area (Å²) in [6.45, 7) is 0. The SMILES string of the molecule is c1ccc(-c2ccc3ccc(-c4nc(-c5ccc6ccccc6c5)nc(-c5cc(-c6cccc7sc8ccccc8c67)cc6oc7ccccc7c56)n4)cc3c2)cc1. The van der Waals surface area contributed by atoms with E-state index in [1.54, 1.807) is 0 Å². The average Bonchev–Trinajstić information content (AvgIpc) is 3.87. The normalized spacial score (nSPS) is 11.8. The Bertz CT molecular complexity index is 3590. The second-order valence-electron chi connectivity index (χ2n) is 14.8. The van der Waals surface area contributed by atoms with E-state index in [-0.39, 0.29) is 0 Å². The Morgan fingerprint density at radius 3 is 1.78 bits per heavy atom. The average molecular weight is 758 g/mol. The van der Waals surface area contributed by atoms with Gasteiger partial charge in [-0.1, -0.05) is 140 Å². The molecule has 0 fully saturated rings. The summed E-state index contributed by atoms with van der Waals surface area (Å²) >= 11 is 1.82. The Morgan fingerprint density at radius 2 is 0.948 bits per heavy atom. The summed E-state index contributed by atoms with van der Waals surface area (Å²) in [6.07, 6.45) is 0. The standard InChI is InChI=1S/C53H31N3OS/c1-2-11-32(12-3-1)36-24-21-34-23-26-38(29-39(34)28-36)52-54-51(37-25-22-33-13-4-5-14-35(33)27-37)55-53(56-52)44-30-40(31-46-49(44)42-15-6-8-18-45(42)57-46)41-17-10-20-48-50(41)43-16-7-9-19-47(43)58-48/h1-31H. The fraction of sp³-hybridized carbons (Fsp3) is 0. The molecule has 0 N–H and O–H groups in total. The molecule has 0 aliphatic heterocycles. The van der Waals surface area contributed by atoms with Crippen molar-refractivity contribution >= 4 is 75.0 Å². The maximum Gasteiger partial charge on any atom is 0.164 e. The summed E-state index contributed by atoms with van der Waals surface area (Å²) in [5.74, 6) is 1.81. The van der Waals surface area contributed by atoms with Gasteiger partial charge >= 0.3 is 0 Å². The Kier molecular flexibility index (Phi) is 7.37. The van der Waals surface area contributed by atoms with E-state index in [0.29, 0.717) is 17.5 Å². The molecule has 4 nitrogen and oxygen atoms in total. The van der Waals surface area contributed by atoms with Crippen LogP contribution in [0.25, 0.3) is 120 Å². The van der Waals surface area contributed by atoms with E-state index in [4.69, 9.17) is 19.4 Å². The molecule has 0 bridgehead atoms. The zero-order valence-corrected chi connectivity index (χ0v) is 31.9. The van der Waals surface area contributed by atoms with E-state index in [1.807, 2.05) is 23.5 Å². The zero-order chi connectivity index (χ0) is 38.2. The van der Waals surface area contributed by atoms with Crippen LogP contribution >= 0.6 is 11.3 Å². The van der Waals surface area contributed by atoms with Crippen molar-refractivity contribution in [2.75, 3.05) is 0 Å². The summed E-state index contributed by atoms with van der Waals surface area (Å²) < 4.78 is 9.18. The molecule has 3 aromatic heterocycles. The van der Waals surface area contributed by atoms with Crippen LogP contribution in [-0.4, -0.2) is 15.0 Å². The first-order valence-electron chi connectivity index (χ1n) is 19.4. The van der Waals surface area contributed by atoms with Crippen LogP contribution in [0.4, 0.5) is 0 Å². The van der Waals surface area contributed by atoms with Gasteiger partial charge in [0.15, 0.2) is 17.5 Å². The molecule has 0 amide bonds. The fourth-order valence-corrected chi connectivity index (χ4v) is 9.61. The molecular formula is C53H31N3OS. The lowest BCUT2D eigenvalue weighted by molar-refractivity contribution is 0.669. The largest absolute Gasteiger partial charge is 0.456 e. The lowest BCUT2D eigenvalue weighted by Gasteiger charge is -2.12. The summed E-state index contributed by atoms with van der Waals surface area (Å²) in [5, 5.41) is 9.06. The van der Waals surface area contributed by atoms with Crippen molar-refractivity contribution in [1.82, 2.24) is 15.0 Å². The van der Waals surface area contributed by atoms with Gasteiger partial charge in [-0.2, -0.15) is 0 Å². The number of aromatic nitrogens is 3. The van der Waals surface area contributed by atoms with Crippen LogP contribution in [0.15, 0.2) is 192 Å². The molecule has 0 saturated carbocycles. The molecule has 3 heterocycles. The smallest absolute Gasteiger partial charge is 0.164 e. The lowest BCUT2D eigenvalue weighted by Crippen LogP contribution is -2.01. The van der Waals surface area contributed by atoms with Crippen LogP contribution in [-0.2, 0) is 0 Å². The molecule has 58 heavy (non-hydrogen) atoms. The molecule has 0 spiro atoms. The fourth-order valence-electron chi connectivity index (χ4n) is 8.48. The van der Waals surface area contributed by atoms with E-state index in [0.717, 1.165) is 71.5 Å². The highest BCUT2D eigenvalue weighted by atomic mass is 32.1. The van der Waals surface area contributed by atoms with Gasteiger partial charge in [-0.25, -0.2) is 15.0 Å². The van der Waals surface area contributed by atoms with Crippen molar-refractivity contribution in [1.29, 1.82) is 0 Å². The third kappa shape index (κ3) is 5.40. The molecular weight excluding hydrogens is 727 g/mol. The Labute approximate surface area is 337 Å². The van der Waals surface area contributed by atoms with Crippen molar-refractivity contribution in [3.63, 3.8) is 0 Å². The highest BCUT2D eigenvalue weighted by Gasteiger charge is 2.21. The van der Waals surface area contributed by atoms with E-state index < -0.39 is 0 Å². The zero-order valence-electron chi connectivity index (χ0n) is 31.1.